The van der Waals surface area contributed by atoms with Gasteiger partial charge in [0, 0.05) is 6.26 Å². The molecule has 2 aromatic rings. The van der Waals surface area contributed by atoms with Gasteiger partial charge in [0.15, 0.2) is 9.84 Å². The molecule has 0 bridgehead atoms. The molecule has 0 atom stereocenters. The maximum Gasteiger partial charge on any atom is 1.00 e. The molecule has 1 aromatic carbocycles. The van der Waals surface area contributed by atoms with Gasteiger partial charge in [0.05, 0.1) is 12.0 Å². The van der Waals surface area contributed by atoms with Gasteiger partial charge < -0.3 is 9.15 Å². The molecule has 4 nitrogen and oxygen atoms in total. The Bertz CT molecular complexity index is 558. The van der Waals surface area contributed by atoms with E-state index < -0.39 is 9.84 Å². The van der Waals surface area contributed by atoms with Crippen LogP contribution in [0.3, 0.4) is 0 Å². The molecule has 17 heavy (non-hydrogen) atoms. The predicted molar refractivity (Wildman–Crippen MR) is 56.0 cm³/mol. The first-order valence-electron chi connectivity index (χ1n) is 4.49. The van der Waals surface area contributed by atoms with Gasteiger partial charge in [0.2, 0.25) is 0 Å². The summed E-state index contributed by atoms with van der Waals surface area (Å²) in [4.78, 5) is 0.212. The molecule has 1 heterocycles. The number of hydrogen-bond acceptors (Lipinski definition) is 4. The number of ether oxygens (including phenoxy) is 1. The average molecular weight is 244 g/mol. The Morgan fingerprint density at radius 2 is 1.82 bits per heavy atom. The minimum atomic E-state index is -3.53. The summed E-state index contributed by atoms with van der Waals surface area (Å²) in [5.74, 6) is 0.607. The predicted octanol–water partition coefficient (Wildman–Crippen LogP) is -1.07. The largest absolute Gasteiger partial charge is 1.00 e. The molecule has 0 aliphatic heterocycles. The van der Waals surface area contributed by atoms with Crippen LogP contribution in [0.5, 0.6) is 5.75 Å². The molecule has 0 aliphatic rings. The van der Waals surface area contributed by atoms with Crippen molar-refractivity contribution in [3.63, 3.8) is 0 Å². The normalized spacial score (nSPS) is 10.6. The van der Waals surface area contributed by atoms with Crippen molar-refractivity contribution in [2.75, 3.05) is 7.11 Å². The second kappa shape index (κ2) is 5.45. The van der Waals surface area contributed by atoms with E-state index in [2.05, 4.69) is 10.7 Å². The van der Waals surface area contributed by atoms with Gasteiger partial charge in [-0.25, -0.2) is 8.42 Å². The van der Waals surface area contributed by atoms with Crippen LogP contribution in [0.15, 0.2) is 50.8 Å². The van der Waals surface area contributed by atoms with E-state index in [0.717, 1.165) is 0 Å². The third-order valence-corrected chi connectivity index (χ3v) is 3.80. The second-order valence-electron chi connectivity index (χ2n) is 3.07. The Labute approximate surface area is 112 Å². The van der Waals surface area contributed by atoms with Crippen LogP contribution in [0, 0.1) is 6.26 Å². The van der Waals surface area contributed by atoms with Crippen molar-refractivity contribution in [3.05, 3.63) is 42.9 Å². The van der Waals surface area contributed by atoms with Crippen LogP contribution in [0.1, 0.15) is 0 Å². The Morgan fingerprint density at radius 3 is 2.29 bits per heavy atom. The molecule has 0 unspecified atom stereocenters. The molecule has 6 heteroatoms. The maximum absolute atomic E-state index is 12.0. The maximum atomic E-state index is 12.0. The average Bonchev–Trinajstić information content (AvgIpc) is 2.83. The summed E-state index contributed by atoms with van der Waals surface area (Å²) in [7, 11) is -2.00. The monoisotopic (exact) mass is 244 g/mol. The van der Waals surface area contributed by atoms with Crippen LogP contribution in [-0.2, 0) is 9.84 Å². The molecular weight excluding hydrogens is 235 g/mol. The number of methoxy groups -OCH3 is 1. The van der Waals surface area contributed by atoms with E-state index in [1.807, 2.05) is 0 Å². The summed E-state index contributed by atoms with van der Waals surface area (Å²) in [6.45, 7) is 0. The fourth-order valence-electron chi connectivity index (χ4n) is 1.25. The van der Waals surface area contributed by atoms with Crippen LogP contribution < -0.4 is 23.6 Å². The number of hydrogen-bond donors (Lipinski definition) is 0. The summed E-state index contributed by atoms with van der Waals surface area (Å²) in [6, 6.07) is 7.50. The van der Waals surface area contributed by atoms with Gasteiger partial charge in [0.1, 0.15) is 5.75 Å². The van der Waals surface area contributed by atoms with Crippen LogP contribution in [-0.4, -0.2) is 15.5 Å². The molecule has 0 saturated heterocycles. The second-order valence-corrected chi connectivity index (χ2v) is 4.98. The molecule has 84 valence electrons. The molecule has 0 fully saturated rings. The van der Waals surface area contributed by atoms with E-state index in [0.29, 0.717) is 5.75 Å². The zero-order chi connectivity index (χ0) is 11.6. The third-order valence-electron chi connectivity index (χ3n) is 2.11. The molecule has 2 rings (SSSR count). The first-order valence-corrected chi connectivity index (χ1v) is 5.97. The molecule has 0 radical (unpaired) electrons. The quantitative estimate of drug-likeness (QED) is 0.509. The van der Waals surface area contributed by atoms with Gasteiger partial charge in [-0.3, -0.25) is 0 Å². The SMILES string of the molecule is COc1ccc(S(=O)(=O)c2[c-]occ2)cc1.[Li+]. The van der Waals surface area contributed by atoms with E-state index in [-0.39, 0.29) is 28.7 Å². The molecule has 0 amide bonds. The van der Waals surface area contributed by atoms with Crippen molar-refractivity contribution in [2.24, 2.45) is 0 Å². The summed E-state index contributed by atoms with van der Waals surface area (Å²) < 4.78 is 33.5. The summed E-state index contributed by atoms with van der Waals surface area (Å²) >= 11 is 0. The summed E-state index contributed by atoms with van der Waals surface area (Å²) in [6.07, 6.45) is 3.58. The van der Waals surface area contributed by atoms with Gasteiger partial charge in [-0.1, -0.05) is 6.26 Å². The van der Waals surface area contributed by atoms with Gasteiger partial charge in [-0.2, -0.15) is 6.07 Å². The Hall–Kier alpha value is -1.15. The molecule has 0 aliphatic carbocycles. The van der Waals surface area contributed by atoms with Crippen molar-refractivity contribution in [2.45, 2.75) is 9.79 Å². The van der Waals surface area contributed by atoms with Gasteiger partial charge in [0.25, 0.3) is 0 Å². The number of furan rings is 1. The van der Waals surface area contributed by atoms with E-state index in [4.69, 9.17) is 4.74 Å². The van der Waals surface area contributed by atoms with E-state index in [1.54, 1.807) is 12.1 Å². The van der Waals surface area contributed by atoms with Crippen LogP contribution in [0.2, 0.25) is 0 Å². The molecule has 0 N–H and O–H groups in total. The van der Waals surface area contributed by atoms with E-state index >= 15 is 0 Å². The first kappa shape index (κ1) is 13.9. The molecular formula is C11H9LiO4S. The molecule has 0 spiro atoms. The van der Waals surface area contributed by atoms with Crippen molar-refractivity contribution in [3.8, 4) is 5.75 Å². The van der Waals surface area contributed by atoms with Crippen LogP contribution in [0.4, 0.5) is 0 Å². The molecule has 0 saturated carbocycles. The van der Waals surface area contributed by atoms with Gasteiger partial charge in [-0.15, -0.1) is 0 Å². The van der Waals surface area contributed by atoms with Crippen molar-refractivity contribution in [1.29, 1.82) is 0 Å². The van der Waals surface area contributed by atoms with Crippen molar-refractivity contribution >= 4 is 9.84 Å². The standard InChI is InChI=1S/C11H9O4S.Li/c1-14-9-2-4-10(5-3-9)16(12,13)11-6-7-15-8-11;/h2-7H,1H3;/q-1;+1. The smallest absolute Gasteiger partial charge is 0.598 e. The minimum absolute atomic E-state index is 0. The number of sulfone groups is 1. The number of rotatable bonds is 3. The zero-order valence-electron chi connectivity index (χ0n) is 9.51. The Kier molecular flexibility index (Phi) is 4.46. The summed E-state index contributed by atoms with van der Waals surface area (Å²) in [5.41, 5.74) is 0. The Morgan fingerprint density at radius 1 is 1.18 bits per heavy atom. The minimum Gasteiger partial charge on any atom is -0.598 e. The zero-order valence-corrected chi connectivity index (χ0v) is 10.3. The van der Waals surface area contributed by atoms with Gasteiger partial charge in [-0.05, 0) is 29.2 Å². The first-order chi connectivity index (χ1) is 7.64. The van der Waals surface area contributed by atoms with Crippen LogP contribution >= 0.6 is 0 Å². The molecule has 1 aromatic heterocycles. The van der Waals surface area contributed by atoms with Crippen molar-refractivity contribution in [1.82, 2.24) is 0 Å². The topological polar surface area (TPSA) is 56.5 Å². The fraction of sp³-hybridized carbons (Fsp3) is 0.0909. The van der Waals surface area contributed by atoms with Crippen molar-refractivity contribution < 1.29 is 36.4 Å². The number of benzene rings is 1. The van der Waals surface area contributed by atoms with E-state index in [1.165, 1.54) is 31.6 Å². The Balaban J connectivity index is 0.00000144. The van der Waals surface area contributed by atoms with Gasteiger partial charge >= 0.3 is 18.9 Å². The van der Waals surface area contributed by atoms with E-state index in [9.17, 15) is 8.42 Å². The van der Waals surface area contributed by atoms with Crippen LogP contribution in [0.25, 0.3) is 0 Å². The summed E-state index contributed by atoms with van der Waals surface area (Å²) in [5, 5.41) is 0. The fourth-order valence-corrected chi connectivity index (χ4v) is 2.39. The third kappa shape index (κ3) is 2.75.